The molecule has 0 saturated heterocycles. The quantitative estimate of drug-likeness (QED) is 0.535. The SMILES string of the molecule is CCN(CC)c1ccc(C(=O)N=Nc2c(O)[nH]c3ccc(C(C)C)cc23)cc1. The smallest absolute Gasteiger partial charge is 0.295 e. The summed E-state index contributed by atoms with van der Waals surface area (Å²) in [5.74, 6) is -0.193. The van der Waals surface area contributed by atoms with Crippen LogP contribution in [0.1, 0.15) is 49.5 Å². The lowest BCUT2D eigenvalue weighted by atomic mass is 10.0. The second-order valence-electron chi connectivity index (χ2n) is 7.01. The first-order chi connectivity index (χ1) is 13.4. The molecule has 0 spiro atoms. The maximum Gasteiger partial charge on any atom is 0.295 e. The Kier molecular flexibility index (Phi) is 5.78. The van der Waals surface area contributed by atoms with Crippen LogP contribution in [0.15, 0.2) is 52.7 Å². The lowest BCUT2D eigenvalue weighted by Crippen LogP contribution is -2.21. The number of amides is 1. The van der Waals surface area contributed by atoms with Crippen molar-refractivity contribution in [1.82, 2.24) is 4.98 Å². The Labute approximate surface area is 164 Å². The minimum Gasteiger partial charge on any atom is -0.493 e. The van der Waals surface area contributed by atoms with Gasteiger partial charge in [0.1, 0.15) is 0 Å². The van der Waals surface area contributed by atoms with Crippen LogP contribution in [0.25, 0.3) is 10.9 Å². The zero-order valence-corrected chi connectivity index (χ0v) is 16.7. The van der Waals surface area contributed by atoms with Crippen LogP contribution in [0.2, 0.25) is 0 Å². The van der Waals surface area contributed by atoms with E-state index in [1.165, 1.54) is 0 Å². The summed E-state index contributed by atoms with van der Waals surface area (Å²) in [7, 11) is 0. The Morgan fingerprint density at radius 3 is 2.39 bits per heavy atom. The number of aromatic amines is 1. The lowest BCUT2D eigenvalue weighted by molar-refractivity contribution is 0.0995. The lowest BCUT2D eigenvalue weighted by Gasteiger charge is -2.20. The predicted octanol–water partition coefficient (Wildman–Crippen LogP) is 5.77. The van der Waals surface area contributed by atoms with Crippen LogP contribution in [-0.4, -0.2) is 29.1 Å². The van der Waals surface area contributed by atoms with Gasteiger partial charge in [0, 0.05) is 29.7 Å². The number of azo groups is 1. The number of carbonyl (C=O) groups excluding carboxylic acids is 1. The van der Waals surface area contributed by atoms with Gasteiger partial charge in [0.05, 0.1) is 5.52 Å². The number of hydrogen-bond acceptors (Lipinski definition) is 4. The minimum atomic E-state index is -0.445. The fourth-order valence-electron chi connectivity index (χ4n) is 3.20. The molecule has 0 bridgehead atoms. The van der Waals surface area contributed by atoms with Gasteiger partial charge in [-0.05, 0) is 61.7 Å². The Morgan fingerprint density at radius 1 is 1.11 bits per heavy atom. The monoisotopic (exact) mass is 378 g/mol. The van der Waals surface area contributed by atoms with Gasteiger partial charge in [-0.25, -0.2) is 0 Å². The maximum absolute atomic E-state index is 12.4. The fourth-order valence-corrected chi connectivity index (χ4v) is 3.20. The van der Waals surface area contributed by atoms with Crippen molar-refractivity contribution in [1.29, 1.82) is 0 Å². The summed E-state index contributed by atoms with van der Waals surface area (Å²) in [6, 6.07) is 13.2. The van der Waals surface area contributed by atoms with Crippen molar-refractivity contribution in [3.8, 4) is 5.88 Å². The Bertz CT molecular complexity index is 999. The van der Waals surface area contributed by atoms with E-state index in [2.05, 4.69) is 47.8 Å². The molecule has 0 unspecified atom stereocenters. The summed E-state index contributed by atoms with van der Waals surface area (Å²) in [4.78, 5) is 17.5. The molecule has 6 heteroatoms. The highest BCUT2D eigenvalue weighted by Crippen LogP contribution is 2.37. The summed E-state index contributed by atoms with van der Waals surface area (Å²) in [6.07, 6.45) is 0. The van der Waals surface area contributed by atoms with Crippen molar-refractivity contribution in [3.05, 3.63) is 53.6 Å². The minimum absolute atomic E-state index is 0.0932. The molecular formula is C22H26N4O2. The van der Waals surface area contributed by atoms with Crippen LogP contribution in [0.4, 0.5) is 11.4 Å². The van der Waals surface area contributed by atoms with E-state index in [1.807, 2.05) is 30.3 Å². The highest BCUT2D eigenvalue weighted by atomic mass is 16.3. The van der Waals surface area contributed by atoms with Crippen LogP contribution in [0.3, 0.4) is 0 Å². The van der Waals surface area contributed by atoms with Gasteiger partial charge in [-0.2, -0.15) is 0 Å². The molecule has 0 atom stereocenters. The molecule has 0 aliphatic heterocycles. The molecule has 0 fully saturated rings. The van der Waals surface area contributed by atoms with E-state index in [-0.39, 0.29) is 11.6 Å². The molecule has 146 valence electrons. The third-order valence-electron chi connectivity index (χ3n) is 4.93. The average Bonchev–Trinajstić information content (AvgIpc) is 3.01. The molecule has 0 radical (unpaired) electrons. The zero-order valence-electron chi connectivity index (χ0n) is 16.7. The van der Waals surface area contributed by atoms with Crippen LogP contribution in [0, 0.1) is 0 Å². The average molecular weight is 378 g/mol. The molecular weight excluding hydrogens is 352 g/mol. The molecule has 2 N–H and O–H groups in total. The van der Waals surface area contributed by atoms with Gasteiger partial charge in [0.25, 0.3) is 5.91 Å². The van der Waals surface area contributed by atoms with E-state index in [0.717, 1.165) is 35.2 Å². The number of anilines is 1. The summed E-state index contributed by atoms with van der Waals surface area (Å²) >= 11 is 0. The largest absolute Gasteiger partial charge is 0.493 e. The fraction of sp³-hybridized carbons (Fsp3) is 0.318. The van der Waals surface area contributed by atoms with E-state index in [4.69, 9.17) is 0 Å². The van der Waals surface area contributed by atoms with Crippen LogP contribution in [-0.2, 0) is 0 Å². The van der Waals surface area contributed by atoms with E-state index in [1.54, 1.807) is 12.1 Å². The first-order valence-electron chi connectivity index (χ1n) is 9.60. The number of carbonyl (C=O) groups is 1. The van der Waals surface area contributed by atoms with Crippen molar-refractivity contribution in [2.24, 2.45) is 10.2 Å². The van der Waals surface area contributed by atoms with Gasteiger partial charge >= 0.3 is 0 Å². The molecule has 0 aliphatic rings. The number of nitrogens with zero attached hydrogens (tertiary/aromatic N) is 3. The van der Waals surface area contributed by atoms with Crippen LogP contribution >= 0.6 is 0 Å². The number of rotatable bonds is 6. The van der Waals surface area contributed by atoms with E-state index < -0.39 is 5.91 Å². The number of aromatic hydroxyl groups is 1. The Morgan fingerprint density at radius 2 is 1.79 bits per heavy atom. The third-order valence-corrected chi connectivity index (χ3v) is 4.93. The molecule has 3 aromatic rings. The van der Waals surface area contributed by atoms with E-state index in [9.17, 15) is 9.90 Å². The molecule has 1 aromatic heterocycles. The zero-order chi connectivity index (χ0) is 20.3. The van der Waals surface area contributed by atoms with Gasteiger partial charge in [0.2, 0.25) is 5.88 Å². The molecule has 6 nitrogen and oxygen atoms in total. The number of nitrogens with one attached hydrogen (secondary N) is 1. The first-order valence-corrected chi connectivity index (χ1v) is 9.60. The third kappa shape index (κ3) is 3.91. The number of hydrogen-bond donors (Lipinski definition) is 2. The van der Waals surface area contributed by atoms with Gasteiger partial charge in [-0.15, -0.1) is 10.2 Å². The van der Waals surface area contributed by atoms with Crippen molar-refractivity contribution >= 4 is 28.2 Å². The first kappa shape index (κ1) is 19.6. The number of fused-ring (bicyclic) bond motifs is 1. The van der Waals surface area contributed by atoms with Gasteiger partial charge in [0.15, 0.2) is 5.69 Å². The van der Waals surface area contributed by atoms with Crippen LogP contribution in [0.5, 0.6) is 5.88 Å². The van der Waals surface area contributed by atoms with Crippen molar-refractivity contribution < 1.29 is 9.90 Å². The number of benzene rings is 2. The Hall–Kier alpha value is -3.15. The predicted molar refractivity (Wildman–Crippen MR) is 113 cm³/mol. The van der Waals surface area contributed by atoms with Crippen molar-refractivity contribution in [2.45, 2.75) is 33.6 Å². The number of aromatic nitrogens is 1. The highest BCUT2D eigenvalue weighted by Gasteiger charge is 2.13. The Balaban J connectivity index is 1.86. The van der Waals surface area contributed by atoms with Crippen LogP contribution < -0.4 is 4.90 Å². The second kappa shape index (κ2) is 8.25. The van der Waals surface area contributed by atoms with E-state index >= 15 is 0 Å². The van der Waals surface area contributed by atoms with Crippen molar-refractivity contribution in [2.75, 3.05) is 18.0 Å². The molecule has 2 aromatic carbocycles. The molecule has 1 heterocycles. The summed E-state index contributed by atoms with van der Waals surface area (Å²) < 4.78 is 0. The summed E-state index contributed by atoms with van der Waals surface area (Å²) in [5, 5.41) is 18.8. The number of H-pyrrole nitrogens is 1. The standard InChI is InChI=1S/C22H26N4O2/c1-5-26(6-2)17-10-7-15(8-11-17)21(27)25-24-20-18-13-16(14(3)4)9-12-19(18)23-22(20)28/h7-14,23,28H,5-6H2,1-4H3. The topological polar surface area (TPSA) is 81.1 Å². The second-order valence-corrected chi connectivity index (χ2v) is 7.01. The van der Waals surface area contributed by atoms with Crippen molar-refractivity contribution in [3.63, 3.8) is 0 Å². The van der Waals surface area contributed by atoms with E-state index in [0.29, 0.717) is 11.5 Å². The van der Waals surface area contributed by atoms with Gasteiger partial charge < -0.3 is 15.0 Å². The van der Waals surface area contributed by atoms with Gasteiger partial charge in [-0.3, -0.25) is 4.79 Å². The molecule has 0 saturated carbocycles. The van der Waals surface area contributed by atoms with Gasteiger partial charge in [-0.1, -0.05) is 19.9 Å². The summed E-state index contributed by atoms with van der Waals surface area (Å²) in [6.45, 7) is 10.2. The molecule has 0 aliphatic carbocycles. The molecule has 28 heavy (non-hydrogen) atoms. The molecule has 1 amide bonds. The summed E-state index contributed by atoms with van der Waals surface area (Å²) in [5.41, 5.74) is 3.69. The molecule has 3 rings (SSSR count). The normalized spacial score (nSPS) is 11.6. The highest BCUT2D eigenvalue weighted by molar-refractivity contribution is 5.97. The maximum atomic E-state index is 12.4.